The van der Waals surface area contributed by atoms with Crippen molar-refractivity contribution in [3.8, 4) is 5.69 Å². The SMILES string of the molecule is Cc1cc(C(=O)CN2C(=O)N[C@@]3(CCCC[C@@H]3C)C2=O)c(C)n1-c1ccc(Cl)c(Cl)c1. The van der Waals surface area contributed by atoms with E-state index >= 15 is 0 Å². The normalized spacial score (nSPS) is 23.5. The molecule has 6 nitrogen and oxygen atoms in total. The molecule has 2 atom stereocenters. The van der Waals surface area contributed by atoms with Crippen LogP contribution in [0.15, 0.2) is 24.3 Å². The lowest BCUT2D eigenvalue weighted by Crippen LogP contribution is -2.54. The Morgan fingerprint density at radius 2 is 1.90 bits per heavy atom. The zero-order chi connectivity index (χ0) is 22.5. The third-order valence-electron chi connectivity index (χ3n) is 6.70. The van der Waals surface area contributed by atoms with Crippen molar-refractivity contribution in [2.24, 2.45) is 5.92 Å². The number of carbonyl (C=O) groups is 3. The summed E-state index contributed by atoms with van der Waals surface area (Å²) in [5.74, 6) is -0.503. The second-order valence-corrected chi connectivity index (χ2v) is 9.40. The van der Waals surface area contributed by atoms with E-state index in [4.69, 9.17) is 23.2 Å². The Morgan fingerprint density at radius 3 is 2.58 bits per heavy atom. The highest BCUT2D eigenvalue weighted by Crippen LogP contribution is 2.38. The van der Waals surface area contributed by atoms with Crippen LogP contribution < -0.4 is 5.32 Å². The Morgan fingerprint density at radius 1 is 1.16 bits per heavy atom. The first-order valence-electron chi connectivity index (χ1n) is 10.5. The van der Waals surface area contributed by atoms with Gasteiger partial charge in [0.1, 0.15) is 5.54 Å². The van der Waals surface area contributed by atoms with E-state index in [1.54, 1.807) is 18.2 Å². The van der Waals surface area contributed by atoms with Crippen LogP contribution in [0.2, 0.25) is 10.0 Å². The second-order valence-electron chi connectivity index (χ2n) is 8.58. The van der Waals surface area contributed by atoms with Crippen LogP contribution in [-0.4, -0.2) is 39.3 Å². The number of aromatic nitrogens is 1. The molecule has 2 aromatic rings. The van der Waals surface area contributed by atoms with Crippen LogP contribution in [0.4, 0.5) is 4.79 Å². The number of ketones is 1. The van der Waals surface area contributed by atoms with Gasteiger partial charge < -0.3 is 9.88 Å². The first-order chi connectivity index (χ1) is 14.7. The van der Waals surface area contributed by atoms with Crippen molar-refractivity contribution in [3.63, 3.8) is 0 Å². The molecule has 1 aromatic heterocycles. The van der Waals surface area contributed by atoms with Gasteiger partial charge >= 0.3 is 6.03 Å². The highest BCUT2D eigenvalue weighted by Gasteiger charge is 2.55. The largest absolute Gasteiger partial charge is 0.325 e. The number of benzene rings is 1. The molecular formula is C23H25Cl2N3O3. The van der Waals surface area contributed by atoms with Crippen molar-refractivity contribution in [2.45, 2.75) is 52.0 Å². The summed E-state index contributed by atoms with van der Waals surface area (Å²) in [4.78, 5) is 40.0. The molecule has 0 bridgehead atoms. The van der Waals surface area contributed by atoms with Crippen LogP contribution in [0.5, 0.6) is 0 Å². The van der Waals surface area contributed by atoms with E-state index in [-0.39, 0.29) is 24.2 Å². The molecule has 31 heavy (non-hydrogen) atoms. The summed E-state index contributed by atoms with van der Waals surface area (Å²) in [7, 11) is 0. The topological polar surface area (TPSA) is 71.4 Å². The van der Waals surface area contributed by atoms with Crippen LogP contribution in [0.25, 0.3) is 5.69 Å². The standard InChI is InChI=1S/C23H25Cl2N3O3/c1-13-6-4-5-9-23(13)21(30)27(22(31)26-23)12-20(29)17-10-14(2)28(15(17)3)16-7-8-18(24)19(25)11-16/h7-8,10-11,13H,4-6,9,12H2,1-3H3,(H,26,31)/t13-,23+/m0/s1. The molecule has 164 valence electrons. The van der Waals surface area contributed by atoms with Crippen LogP contribution in [0, 0.1) is 19.8 Å². The van der Waals surface area contributed by atoms with Crippen LogP contribution in [-0.2, 0) is 4.79 Å². The van der Waals surface area contributed by atoms with E-state index in [0.717, 1.165) is 35.5 Å². The number of rotatable bonds is 4. The molecule has 1 saturated carbocycles. The predicted octanol–water partition coefficient (Wildman–Crippen LogP) is 5.08. The van der Waals surface area contributed by atoms with E-state index in [2.05, 4.69) is 5.32 Å². The van der Waals surface area contributed by atoms with Gasteiger partial charge in [0, 0.05) is 22.6 Å². The number of nitrogens with zero attached hydrogens (tertiary/aromatic N) is 2. The van der Waals surface area contributed by atoms with Gasteiger partial charge in [-0.25, -0.2) is 4.79 Å². The Bertz CT molecular complexity index is 1090. The molecule has 0 unspecified atom stereocenters. The van der Waals surface area contributed by atoms with Gasteiger partial charge in [0.05, 0.1) is 16.6 Å². The summed E-state index contributed by atoms with van der Waals surface area (Å²) in [6.45, 7) is 5.44. The third kappa shape index (κ3) is 3.56. The first-order valence-corrected chi connectivity index (χ1v) is 11.2. The number of nitrogens with one attached hydrogen (secondary N) is 1. The monoisotopic (exact) mass is 461 g/mol. The van der Waals surface area contributed by atoms with Crippen LogP contribution >= 0.6 is 23.2 Å². The maximum Gasteiger partial charge on any atom is 0.325 e. The molecule has 1 aromatic carbocycles. The summed E-state index contributed by atoms with van der Waals surface area (Å²) in [6, 6.07) is 6.57. The van der Waals surface area contributed by atoms with E-state index in [1.165, 1.54) is 0 Å². The Labute approximate surface area is 191 Å². The number of carbonyl (C=O) groups excluding carboxylic acids is 3. The second kappa shape index (κ2) is 7.99. The van der Waals surface area contributed by atoms with Gasteiger partial charge in [-0.3, -0.25) is 14.5 Å². The predicted molar refractivity (Wildman–Crippen MR) is 120 cm³/mol. The van der Waals surface area contributed by atoms with Gasteiger partial charge in [-0.2, -0.15) is 0 Å². The van der Waals surface area contributed by atoms with Crippen LogP contribution in [0.1, 0.15) is 54.4 Å². The number of amides is 3. The molecule has 1 aliphatic carbocycles. The van der Waals surface area contributed by atoms with Crippen molar-refractivity contribution >= 4 is 40.9 Å². The molecule has 2 aliphatic rings. The van der Waals surface area contributed by atoms with Crippen molar-refractivity contribution < 1.29 is 14.4 Å². The first kappa shape index (κ1) is 21.9. The van der Waals surface area contributed by atoms with E-state index in [0.29, 0.717) is 27.7 Å². The van der Waals surface area contributed by atoms with Gasteiger partial charge in [-0.05, 0) is 56.9 Å². The molecule has 3 amide bonds. The van der Waals surface area contributed by atoms with Crippen molar-refractivity contribution in [1.82, 2.24) is 14.8 Å². The fraction of sp³-hybridized carbons (Fsp3) is 0.435. The number of halogens is 2. The summed E-state index contributed by atoms with van der Waals surface area (Å²) in [6.07, 6.45) is 3.45. The molecule has 2 heterocycles. The molecule has 1 spiro atoms. The quantitative estimate of drug-likeness (QED) is 0.509. The lowest BCUT2D eigenvalue weighted by atomic mass is 9.73. The zero-order valence-corrected chi connectivity index (χ0v) is 19.3. The minimum atomic E-state index is -0.868. The molecular weight excluding hydrogens is 437 g/mol. The van der Waals surface area contributed by atoms with Gasteiger partial charge in [-0.1, -0.05) is 43.0 Å². The maximum atomic E-state index is 13.2. The number of hydrogen-bond acceptors (Lipinski definition) is 3. The molecule has 1 saturated heterocycles. The number of hydrogen-bond donors (Lipinski definition) is 1. The minimum absolute atomic E-state index is 0.0533. The number of urea groups is 1. The van der Waals surface area contributed by atoms with E-state index in [9.17, 15) is 14.4 Å². The van der Waals surface area contributed by atoms with Crippen molar-refractivity contribution in [2.75, 3.05) is 6.54 Å². The lowest BCUT2D eigenvalue weighted by Gasteiger charge is -2.36. The van der Waals surface area contributed by atoms with E-state index in [1.807, 2.05) is 31.4 Å². The smallest absolute Gasteiger partial charge is 0.323 e. The molecule has 1 aliphatic heterocycles. The highest BCUT2D eigenvalue weighted by atomic mass is 35.5. The molecule has 2 fully saturated rings. The molecule has 8 heteroatoms. The molecule has 4 rings (SSSR count). The average molecular weight is 462 g/mol. The zero-order valence-electron chi connectivity index (χ0n) is 17.8. The Kier molecular flexibility index (Phi) is 5.64. The lowest BCUT2D eigenvalue weighted by molar-refractivity contribution is -0.133. The Balaban J connectivity index is 1.60. The van der Waals surface area contributed by atoms with Crippen molar-refractivity contribution in [1.29, 1.82) is 0 Å². The fourth-order valence-electron chi connectivity index (χ4n) is 4.93. The molecule has 0 radical (unpaired) electrons. The van der Waals surface area contributed by atoms with Crippen LogP contribution in [0.3, 0.4) is 0 Å². The number of imide groups is 1. The van der Waals surface area contributed by atoms with E-state index < -0.39 is 11.6 Å². The molecule has 1 N–H and O–H groups in total. The Hall–Kier alpha value is -2.31. The maximum absolute atomic E-state index is 13.2. The van der Waals surface area contributed by atoms with Crippen molar-refractivity contribution in [3.05, 3.63) is 51.3 Å². The minimum Gasteiger partial charge on any atom is -0.323 e. The van der Waals surface area contributed by atoms with Gasteiger partial charge in [0.15, 0.2) is 5.78 Å². The van der Waals surface area contributed by atoms with Gasteiger partial charge in [-0.15, -0.1) is 0 Å². The number of aryl methyl sites for hydroxylation is 1. The third-order valence-corrected chi connectivity index (χ3v) is 7.44. The van der Waals surface area contributed by atoms with Gasteiger partial charge in [0.2, 0.25) is 0 Å². The average Bonchev–Trinajstić information content (AvgIpc) is 3.15. The summed E-state index contributed by atoms with van der Waals surface area (Å²) >= 11 is 12.2. The fourth-order valence-corrected chi connectivity index (χ4v) is 5.23. The number of Topliss-reactive ketones (excluding diaryl/α,β-unsaturated/α-hetero) is 1. The summed E-state index contributed by atoms with van der Waals surface area (Å²) < 4.78 is 1.91. The highest BCUT2D eigenvalue weighted by molar-refractivity contribution is 6.42. The van der Waals surface area contributed by atoms with Gasteiger partial charge in [0.25, 0.3) is 5.91 Å². The summed E-state index contributed by atoms with van der Waals surface area (Å²) in [5.41, 5.74) is 1.95. The summed E-state index contributed by atoms with van der Waals surface area (Å²) in [5, 5.41) is 3.77.